The van der Waals surface area contributed by atoms with E-state index in [0.717, 1.165) is 0 Å². The lowest BCUT2D eigenvalue weighted by atomic mass is 10.2. The van der Waals surface area contributed by atoms with Crippen molar-refractivity contribution in [1.82, 2.24) is 20.7 Å². The van der Waals surface area contributed by atoms with Gasteiger partial charge in [-0.1, -0.05) is 6.07 Å². The van der Waals surface area contributed by atoms with E-state index in [1.165, 1.54) is 24.4 Å². The number of rotatable bonds is 4. The summed E-state index contributed by atoms with van der Waals surface area (Å²) in [6.07, 6.45) is -2.73. The number of amides is 1. The van der Waals surface area contributed by atoms with Crippen LogP contribution in [0.15, 0.2) is 30.5 Å². The third-order valence-electron chi connectivity index (χ3n) is 3.59. The highest BCUT2D eigenvalue weighted by molar-refractivity contribution is 5.92. The van der Waals surface area contributed by atoms with E-state index in [2.05, 4.69) is 25.5 Å². The molecule has 0 radical (unpaired) electrons. The zero-order valence-electron chi connectivity index (χ0n) is 12.4. The van der Waals surface area contributed by atoms with Crippen LogP contribution in [0, 0.1) is 0 Å². The van der Waals surface area contributed by atoms with Gasteiger partial charge in [-0.05, 0) is 18.6 Å². The zero-order valence-corrected chi connectivity index (χ0v) is 12.4. The number of nitrogens with zero attached hydrogens (tertiary/aromatic N) is 3. The number of alkyl halides is 3. The van der Waals surface area contributed by atoms with Crippen LogP contribution in [0.2, 0.25) is 0 Å². The van der Waals surface area contributed by atoms with Gasteiger partial charge < -0.3 is 15.0 Å². The summed E-state index contributed by atoms with van der Waals surface area (Å²) in [7, 11) is 0. The molecule has 1 aromatic heterocycles. The molecule has 1 amide bonds. The summed E-state index contributed by atoms with van der Waals surface area (Å²) in [4.78, 5) is 13.8. The smallest absolute Gasteiger partial charge is 0.406 e. The monoisotopic (exact) mass is 341 g/mol. The Bertz CT molecular complexity index is 705. The quantitative estimate of drug-likeness (QED) is 0.885. The fourth-order valence-corrected chi connectivity index (χ4v) is 2.56. The van der Waals surface area contributed by atoms with Gasteiger partial charge in [-0.3, -0.25) is 4.79 Å². The molecular formula is C14H14F3N5O2. The summed E-state index contributed by atoms with van der Waals surface area (Å²) in [6, 6.07) is 5.65. The van der Waals surface area contributed by atoms with E-state index in [4.69, 9.17) is 0 Å². The highest BCUT2D eigenvalue weighted by atomic mass is 19.4. The van der Waals surface area contributed by atoms with Crippen molar-refractivity contribution in [3.05, 3.63) is 36.2 Å². The summed E-state index contributed by atoms with van der Waals surface area (Å²) in [6.45, 7) is 1.10. The maximum Gasteiger partial charge on any atom is 0.573 e. The SMILES string of the molecule is O=C(N[C@@H]1CCN(c2cccc(OC(F)(F)F)c2)C1)c1cn[nH]n1. The van der Waals surface area contributed by atoms with Crippen LogP contribution < -0.4 is 15.0 Å². The largest absolute Gasteiger partial charge is 0.573 e. The topological polar surface area (TPSA) is 83.1 Å². The fourth-order valence-electron chi connectivity index (χ4n) is 2.56. The van der Waals surface area contributed by atoms with Crippen LogP contribution in [-0.4, -0.2) is 46.8 Å². The standard InChI is InChI=1S/C14H14F3N5O2/c15-14(16,17)24-11-3-1-2-10(6-11)22-5-4-9(8-22)19-13(23)12-7-18-21-20-12/h1-3,6-7,9H,4-5,8H2,(H,19,23)(H,18,20,21)/t9-/m1/s1. The van der Waals surface area contributed by atoms with Gasteiger partial charge >= 0.3 is 6.36 Å². The van der Waals surface area contributed by atoms with Crippen molar-refractivity contribution >= 4 is 11.6 Å². The van der Waals surface area contributed by atoms with Gasteiger partial charge in [-0.2, -0.15) is 15.4 Å². The van der Waals surface area contributed by atoms with Crippen molar-refractivity contribution < 1.29 is 22.7 Å². The van der Waals surface area contributed by atoms with Crippen LogP contribution >= 0.6 is 0 Å². The predicted octanol–water partition coefficient (Wildman–Crippen LogP) is 1.71. The van der Waals surface area contributed by atoms with Crippen LogP contribution in [-0.2, 0) is 0 Å². The Morgan fingerprint density at radius 1 is 1.42 bits per heavy atom. The molecule has 1 saturated heterocycles. The molecule has 10 heteroatoms. The molecule has 3 rings (SSSR count). The maximum atomic E-state index is 12.3. The number of carbonyl (C=O) groups is 1. The van der Waals surface area contributed by atoms with Crippen molar-refractivity contribution in [1.29, 1.82) is 0 Å². The lowest BCUT2D eigenvalue weighted by molar-refractivity contribution is -0.274. The molecule has 1 atom stereocenters. The summed E-state index contributed by atoms with van der Waals surface area (Å²) in [5, 5.41) is 12.4. The van der Waals surface area contributed by atoms with Crippen molar-refractivity contribution in [2.75, 3.05) is 18.0 Å². The van der Waals surface area contributed by atoms with Gasteiger partial charge in [0.1, 0.15) is 5.75 Å². The molecule has 7 nitrogen and oxygen atoms in total. The molecule has 2 heterocycles. The summed E-state index contributed by atoms with van der Waals surface area (Å²) >= 11 is 0. The minimum Gasteiger partial charge on any atom is -0.406 e. The Morgan fingerprint density at radius 2 is 2.25 bits per heavy atom. The Morgan fingerprint density at radius 3 is 2.96 bits per heavy atom. The van der Waals surface area contributed by atoms with Crippen molar-refractivity contribution in [3.8, 4) is 5.75 Å². The van der Waals surface area contributed by atoms with Gasteiger partial charge in [0.05, 0.1) is 6.20 Å². The van der Waals surface area contributed by atoms with E-state index in [1.807, 2.05) is 4.90 Å². The normalized spacial score (nSPS) is 17.8. The van der Waals surface area contributed by atoms with Crippen molar-refractivity contribution in [2.24, 2.45) is 0 Å². The fraction of sp³-hybridized carbons (Fsp3) is 0.357. The molecule has 24 heavy (non-hydrogen) atoms. The van der Waals surface area contributed by atoms with E-state index in [9.17, 15) is 18.0 Å². The van der Waals surface area contributed by atoms with E-state index >= 15 is 0 Å². The second-order valence-electron chi connectivity index (χ2n) is 5.31. The molecule has 0 saturated carbocycles. The molecule has 0 spiro atoms. The maximum absolute atomic E-state index is 12.3. The molecule has 1 aliphatic rings. The van der Waals surface area contributed by atoms with Gasteiger partial charge in [-0.15, -0.1) is 13.2 Å². The van der Waals surface area contributed by atoms with Crippen molar-refractivity contribution in [3.63, 3.8) is 0 Å². The minimum absolute atomic E-state index is 0.124. The molecule has 1 aromatic carbocycles. The van der Waals surface area contributed by atoms with E-state index in [-0.39, 0.29) is 23.4 Å². The molecule has 128 valence electrons. The first-order valence-corrected chi connectivity index (χ1v) is 7.18. The molecular weight excluding hydrogens is 327 g/mol. The number of ether oxygens (including phenoxy) is 1. The molecule has 2 N–H and O–H groups in total. The molecule has 0 unspecified atom stereocenters. The Labute approximate surface area is 134 Å². The number of anilines is 1. The minimum atomic E-state index is -4.72. The summed E-state index contributed by atoms with van der Waals surface area (Å²) in [5.74, 6) is -0.611. The summed E-state index contributed by atoms with van der Waals surface area (Å²) in [5.41, 5.74) is 0.795. The third-order valence-corrected chi connectivity index (χ3v) is 3.59. The molecule has 1 fully saturated rings. The van der Waals surface area contributed by atoms with Gasteiger partial charge in [0.25, 0.3) is 5.91 Å². The number of halogens is 3. The summed E-state index contributed by atoms with van der Waals surface area (Å²) < 4.78 is 40.8. The molecule has 2 aromatic rings. The molecule has 0 bridgehead atoms. The van der Waals surface area contributed by atoms with Crippen molar-refractivity contribution in [2.45, 2.75) is 18.8 Å². The van der Waals surface area contributed by atoms with E-state index in [0.29, 0.717) is 25.2 Å². The first-order valence-electron chi connectivity index (χ1n) is 7.18. The highest BCUT2D eigenvalue weighted by Crippen LogP contribution is 2.28. The Hall–Kier alpha value is -2.78. The van der Waals surface area contributed by atoms with Crippen LogP contribution in [0.5, 0.6) is 5.75 Å². The average molecular weight is 341 g/mol. The van der Waals surface area contributed by atoms with E-state index in [1.54, 1.807) is 6.07 Å². The number of H-pyrrole nitrogens is 1. The number of hydrogen-bond acceptors (Lipinski definition) is 5. The number of carbonyl (C=O) groups excluding carboxylic acids is 1. The molecule has 1 aliphatic heterocycles. The highest BCUT2D eigenvalue weighted by Gasteiger charge is 2.31. The number of aromatic nitrogens is 3. The molecule has 0 aliphatic carbocycles. The lowest BCUT2D eigenvalue weighted by Gasteiger charge is -2.20. The van der Waals surface area contributed by atoms with Crippen LogP contribution in [0.25, 0.3) is 0 Å². The first-order chi connectivity index (χ1) is 11.4. The lowest BCUT2D eigenvalue weighted by Crippen LogP contribution is -2.37. The first kappa shape index (κ1) is 16.1. The van der Waals surface area contributed by atoms with Gasteiger partial charge in [-0.25, -0.2) is 0 Å². The zero-order chi connectivity index (χ0) is 17.2. The number of benzene rings is 1. The van der Waals surface area contributed by atoms with Gasteiger partial charge in [0.2, 0.25) is 0 Å². The predicted molar refractivity (Wildman–Crippen MR) is 77.6 cm³/mol. The van der Waals surface area contributed by atoms with Crippen LogP contribution in [0.4, 0.5) is 18.9 Å². The number of hydrogen-bond donors (Lipinski definition) is 2. The van der Waals surface area contributed by atoms with Crippen LogP contribution in [0.3, 0.4) is 0 Å². The number of nitrogens with one attached hydrogen (secondary N) is 2. The second-order valence-corrected chi connectivity index (χ2v) is 5.31. The van der Waals surface area contributed by atoms with Gasteiger partial charge in [0, 0.05) is 30.9 Å². The second kappa shape index (κ2) is 6.38. The van der Waals surface area contributed by atoms with Crippen LogP contribution in [0.1, 0.15) is 16.9 Å². The Balaban J connectivity index is 1.61. The Kier molecular flexibility index (Phi) is 4.28. The van der Waals surface area contributed by atoms with Gasteiger partial charge in [0.15, 0.2) is 5.69 Å². The number of aromatic amines is 1. The third kappa shape index (κ3) is 3.94. The van der Waals surface area contributed by atoms with E-state index < -0.39 is 6.36 Å². The average Bonchev–Trinajstić information content (AvgIpc) is 3.17.